The van der Waals surface area contributed by atoms with E-state index in [0.717, 1.165) is 48.8 Å². The highest BCUT2D eigenvalue weighted by molar-refractivity contribution is 5.85. The molecule has 2 unspecified atom stereocenters. The van der Waals surface area contributed by atoms with Gasteiger partial charge in [0, 0.05) is 50.0 Å². The summed E-state index contributed by atoms with van der Waals surface area (Å²) in [5.74, 6) is 2.90. The normalized spacial score (nSPS) is 18.5. The second kappa shape index (κ2) is 13.4. The van der Waals surface area contributed by atoms with Crippen LogP contribution in [0.15, 0.2) is 55.1 Å². The summed E-state index contributed by atoms with van der Waals surface area (Å²) >= 11 is 0. The number of hydrogen-bond donors (Lipinski definition) is 3. The van der Waals surface area contributed by atoms with Crippen molar-refractivity contribution in [1.82, 2.24) is 39.8 Å². The van der Waals surface area contributed by atoms with Crippen molar-refractivity contribution in [3.8, 4) is 0 Å². The predicted molar refractivity (Wildman–Crippen MR) is 187 cm³/mol. The summed E-state index contributed by atoms with van der Waals surface area (Å²) in [6.07, 6.45) is 4.30. The van der Waals surface area contributed by atoms with E-state index in [4.69, 9.17) is 21.4 Å². The molecule has 5 N–H and O–H groups in total. The fraction of sp³-hybridized carbons (Fsp3) is 0.412. The molecule has 48 heavy (non-hydrogen) atoms. The number of nitrogens with zero attached hydrogens (tertiary/aromatic N) is 10. The second-order valence-electron chi connectivity index (χ2n) is 13.4. The molecule has 2 saturated heterocycles. The lowest BCUT2D eigenvalue weighted by Gasteiger charge is -2.46. The average molecular weight is 651 g/mol. The highest BCUT2D eigenvalue weighted by atomic mass is 16.4. The van der Waals surface area contributed by atoms with Gasteiger partial charge in [-0.25, -0.2) is 34.7 Å². The molecule has 7 rings (SSSR count). The molecule has 2 aliphatic rings. The Hall–Kier alpha value is -5.40. The Bertz CT molecular complexity index is 1930. The van der Waals surface area contributed by atoms with Crippen molar-refractivity contribution in [3.05, 3.63) is 66.5 Å². The van der Waals surface area contributed by atoms with E-state index in [1.54, 1.807) is 0 Å². The van der Waals surface area contributed by atoms with Crippen LogP contribution in [0.25, 0.3) is 22.1 Å². The van der Waals surface area contributed by atoms with Crippen molar-refractivity contribution in [1.29, 1.82) is 0 Å². The molecule has 2 fully saturated rings. The molecule has 1 amide bonds. The van der Waals surface area contributed by atoms with Gasteiger partial charge in [-0.1, -0.05) is 26.8 Å². The highest BCUT2D eigenvalue weighted by Gasteiger charge is 2.38. The number of piperazine rings is 1. The molecule has 0 saturated carbocycles. The number of carboxylic acid groups (broad SMARTS) is 1. The molecular formula is C34H42N12O2. The van der Waals surface area contributed by atoms with Gasteiger partial charge in [0.2, 0.25) is 0 Å². The number of nitrogens with two attached hydrogens (primary N) is 2. The zero-order chi connectivity index (χ0) is 34.0. The number of anilines is 4. The maximum absolute atomic E-state index is 11.5. The third kappa shape index (κ3) is 6.97. The summed E-state index contributed by atoms with van der Waals surface area (Å²) in [6, 6.07) is 13.9. The molecule has 0 bridgehead atoms. The van der Waals surface area contributed by atoms with Gasteiger partial charge in [-0.3, -0.25) is 4.98 Å². The Kier molecular flexibility index (Phi) is 9.07. The van der Waals surface area contributed by atoms with Crippen LogP contribution in [0.4, 0.5) is 28.1 Å². The van der Waals surface area contributed by atoms with Crippen LogP contribution in [0.2, 0.25) is 0 Å². The minimum Gasteiger partial charge on any atom is -0.465 e. The first-order chi connectivity index (χ1) is 23.0. The molecule has 2 atom stereocenters. The van der Waals surface area contributed by atoms with Gasteiger partial charge in [-0.15, -0.1) is 0 Å². The summed E-state index contributed by atoms with van der Waals surface area (Å²) in [6.45, 7) is 11.7. The van der Waals surface area contributed by atoms with Crippen molar-refractivity contribution < 1.29 is 9.90 Å². The minimum absolute atomic E-state index is 0.120. The van der Waals surface area contributed by atoms with Gasteiger partial charge in [0.25, 0.3) is 0 Å². The van der Waals surface area contributed by atoms with Crippen LogP contribution >= 0.6 is 0 Å². The summed E-state index contributed by atoms with van der Waals surface area (Å²) in [7, 11) is 0. The number of nitrogen functional groups attached to an aromatic ring is 2. The highest BCUT2D eigenvalue weighted by Crippen LogP contribution is 2.31. The minimum atomic E-state index is -0.876. The van der Waals surface area contributed by atoms with E-state index in [1.807, 2.05) is 37.3 Å². The monoisotopic (exact) mass is 650 g/mol. The number of fused-ring (bicyclic) bond motifs is 2. The van der Waals surface area contributed by atoms with Crippen LogP contribution in [0.5, 0.6) is 0 Å². The van der Waals surface area contributed by atoms with E-state index in [-0.39, 0.29) is 11.5 Å². The summed E-state index contributed by atoms with van der Waals surface area (Å²) in [5, 5.41) is 9.47. The van der Waals surface area contributed by atoms with Gasteiger partial charge in [0.05, 0.1) is 17.1 Å². The van der Waals surface area contributed by atoms with Crippen molar-refractivity contribution in [3.63, 3.8) is 0 Å². The topological polar surface area (TPSA) is 189 Å². The van der Waals surface area contributed by atoms with Crippen LogP contribution in [-0.2, 0) is 0 Å². The Labute approximate surface area is 279 Å². The van der Waals surface area contributed by atoms with Gasteiger partial charge in [-0.2, -0.15) is 0 Å². The SMILES string of the molecule is CC(C)(C)C1CN(c2ccc3ncnc(N)c3n2)CCN1C(=O)O.Cc1cccc(C2CCCN(c3ccc4ncnc(N)c4n3)C2)n1. The molecule has 5 aromatic heterocycles. The number of aromatic nitrogens is 7. The summed E-state index contributed by atoms with van der Waals surface area (Å²) in [5.41, 5.74) is 16.6. The quantitative estimate of drug-likeness (QED) is 0.247. The molecule has 14 heteroatoms. The molecule has 5 aromatic rings. The van der Waals surface area contributed by atoms with Crippen molar-refractivity contribution in [2.24, 2.45) is 5.41 Å². The largest absolute Gasteiger partial charge is 0.465 e. The number of pyridine rings is 3. The van der Waals surface area contributed by atoms with Crippen molar-refractivity contribution in [2.75, 3.05) is 54.0 Å². The molecule has 0 spiro atoms. The molecule has 0 aromatic carbocycles. The van der Waals surface area contributed by atoms with E-state index in [0.29, 0.717) is 53.7 Å². The number of rotatable bonds is 3. The van der Waals surface area contributed by atoms with Crippen LogP contribution < -0.4 is 21.3 Å². The molecule has 2 aliphatic heterocycles. The van der Waals surface area contributed by atoms with E-state index < -0.39 is 6.09 Å². The first-order valence-electron chi connectivity index (χ1n) is 16.2. The number of amides is 1. The first kappa shape index (κ1) is 32.5. The van der Waals surface area contributed by atoms with E-state index in [2.05, 4.69) is 67.6 Å². The van der Waals surface area contributed by atoms with Gasteiger partial charge in [0.15, 0.2) is 11.6 Å². The number of carbonyl (C=O) groups is 1. The third-order valence-corrected chi connectivity index (χ3v) is 9.01. The standard InChI is InChI=1S/C18H20N6.C16H22N6O2/c1-12-4-2-6-14(22-12)13-5-3-9-24(10-13)16-8-7-15-17(23-16)18(19)21-11-20-15;1-16(2,3)11-8-21(6-7-22(11)15(23)24)12-5-4-10-13(20-12)14(17)19-9-18-10/h2,4,6-8,11,13H,3,5,9-10H2,1H3,(H2,19,20,21);4-5,9,11H,6-8H2,1-3H3,(H,23,24)(H2,17,18,19). The molecular weight excluding hydrogens is 608 g/mol. The zero-order valence-corrected chi connectivity index (χ0v) is 27.8. The number of aryl methyl sites for hydroxylation is 1. The van der Waals surface area contributed by atoms with Gasteiger partial charge in [0.1, 0.15) is 35.3 Å². The van der Waals surface area contributed by atoms with Crippen molar-refractivity contribution in [2.45, 2.75) is 52.5 Å². The lowest BCUT2D eigenvalue weighted by Crippen LogP contribution is -2.59. The van der Waals surface area contributed by atoms with E-state index in [9.17, 15) is 9.90 Å². The van der Waals surface area contributed by atoms with Crippen LogP contribution in [0, 0.1) is 12.3 Å². The Morgan fingerprint density at radius 3 is 1.96 bits per heavy atom. The van der Waals surface area contributed by atoms with Crippen LogP contribution in [0.3, 0.4) is 0 Å². The Morgan fingerprint density at radius 1 is 0.792 bits per heavy atom. The molecule has 250 valence electrons. The van der Waals surface area contributed by atoms with E-state index in [1.165, 1.54) is 23.2 Å². The van der Waals surface area contributed by atoms with Gasteiger partial charge < -0.3 is 31.3 Å². The predicted octanol–water partition coefficient (Wildman–Crippen LogP) is 4.52. The average Bonchev–Trinajstić information content (AvgIpc) is 3.08. The Morgan fingerprint density at radius 2 is 1.40 bits per heavy atom. The van der Waals surface area contributed by atoms with Crippen molar-refractivity contribution >= 4 is 51.4 Å². The second-order valence-corrected chi connectivity index (χ2v) is 13.4. The zero-order valence-electron chi connectivity index (χ0n) is 27.8. The molecule has 14 nitrogen and oxygen atoms in total. The lowest BCUT2D eigenvalue weighted by atomic mass is 9.84. The Balaban J connectivity index is 0.000000167. The fourth-order valence-electron chi connectivity index (χ4n) is 6.43. The van der Waals surface area contributed by atoms with Gasteiger partial charge in [-0.05, 0) is 61.6 Å². The van der Waals surface area contributed by atoms with Crippen LogP contribution in [-0.4, -0.2) is 89.8 Å². The molecule has 0 aliphatic carbocycles. The summed E-state index contributed by atoms with van der Waals surface area (Å²) in [4.78, 5) is 47.9. The third-order valence-electron chi connectivity index (χ3n) is 9.01. The number of hydrogen-bond acceptors (Lipinski definition) is 12. The fourth-order valence-corrected chi connectivity index (χ4v) is 6.43. The maximum atomic E-state index is 11.5. The summed E-state index contributed by atoms with van der Waals surface area (Å²) < 4.78 is 0. The smallest absolute Gasteiger partial charge is 0.407 e. The maximum Gasteiger partial charge on any atom is 0.407 e. The first-order valence-corrected chi connectivity index (χ1v) is 16.2. The van der Waals surface area contributed by atoms with Crippen LogP contribution in [0.1, 0.15) is 50.9 Å². The number of piperidine rings is 1. The molecule has 7 heterocycles. The molecule has 0 radical (unpaired) electrons. The van der Waals surface area contributed by atoms with Gasteiger partial charge >= 0.3 is 6.09 Å². The lowest BCUT2D eigenvalue weighted by molar-refractivity contribution is 0.0747. The van der Waals surface area contributed by atoms with E-state index >= 15 is 0 Å².